The zero-order valence-electron chi connectivity index (χ0n) is 11.1. The lowest BCUT2D eigenvalue weighted by molar-refractivity contribution is -0.124. The van der Waals surface area contributed by atoms with Gasteiger partial charge in [0.25, 0.3) is 0 Å². The molecule has 0 aromatic heterocycles. The molecule has 5 heteroatoms. The fourth-order valence-corrected chi connectivity index (χ4v) is 2.03. The van der Waals surface area contributed by atoms with Gasteiger partial charge >= 0.3 is 0 Å². The second kappa shape index (κ2) is 5.65. The van der Waals surface area contributed by atoms with Gasteiger partial charge < -0.3 is 20.2 Å². The van der Waals surface area contributed by atoms with E-state index in [1.165, 1.54) is 13.0 Å². The number of aliphatic hydroxyl groups excluding tert-OH is 1. The molecule has 0 bridgehead atoms. The van der Waals surface area contributed by atoms with Crippen LogP contribution in [0.15, 0.2) is 22.9 Å². The highest BCUT2D eigenvalue weighted by Gasteiger charge is 2.39. The van der Waals surface area contributed by atoms with Gasteiger partial charge in [0.1, 0.15) is 0 Å². The fraction of sp³-hybridized carbons (Fsp3) is 0.615. The Hall–Kier alpha value is -1.17. The summed E-state index contributed by atoms with van der Waals surface area (Å²) >= 11 is 0. The van der Waals surface area contributed by atoms with Crippen LogP contribution in [0.2, 0.25) is 0 Å². The first-order chi connectivity index (χ1) is 8.36. The van der Waals surface area contributed by atoms with Crippen LogP contribution in [0.3, 0.4) is 0 Å². The number of hydrogen-bond acceptors (Lipinski definition) is 5. The highest BCUT2D eigenvalue weighted by Crippen LogP contribution is 2.32. The van der Waals surface area contributed by atoms with Gasteiger partial charge in [0.05, 0.1) is 12.3 Å². The van der Waals surface area contributed by atoms with Crippen LogP contribution in [0.5, 0.6) is 0 Å². The van der Waals surface area contributed by atoms with Gasteiger partial charge in [-0.1, -0.05) is 6.92 Å². The van der Waals surface area contributed by atoms with Gasteiger partial charge in [0.15, 0.2) is 5.78 Å². The molecular weight excluding hydrogens is 234 g/mol. The van der Waals surface area contributed by atoms with Crippen LogP contribution in [0.4, 0.5) is 0 Å². The van der Waals surface area contributed by atoms with Crippen molar-refractivity contribution in [3.8, 4) is 0 Å². The Morgan fingerprint density at radius 3 is 2.39 bits per heavy atom. The van der Waals surface area contributed by atoms with E-state index in [0.717, 1.165) is 6.42 Å². The number of carbonyl (C=O) groups is 1. The van der Waals surface area contributed by atoms with E-state index in [4.69, 9.17) is 5.11 Å². The van der Waals surface area contributed by atoms with Crippen molar-refractivity contribution in [1.29, 1.82) is 0 Å². The minimum absolute atomic E-state index is 0.108. The third-order valence-corrected chi connectivity index (χ3v) is 3.28. The first-order valence-electron chi connectivity index (χ1n) is 6.11. The van der Waals surface area contributed by atoms with Gasteiger partial charge in [-0.3, -0.25) is 4.79 Å². The lowest BCUT2D eigenvalue weighted by Gasteiger charge is -2.37. The van der Waals surface area contributed by atoms with Gasteiger partial charge in [0, 0.05) is 24.7 Å². The topological polar surface area (TPSA) is 81.0 Å². The summed E-state index contributed by atoms with van der Waals surface area (Å²) in [5.74, 6) is -2.36. The SMILES string of the molecule is CCCN(CCO)C1=CC(=O)C(C)=C(C)C1(O)O. The molecule has 5 nitrogen and oxygen atoms in total. The molecule has 18 heavy (non-hydrogen) atoms. The van der Waals surface area contributed by atoms with E-state index in [0.29, 0.717) is 12.1 Å². The molecule has 0 unspecified atom stereocenters. The minimum Gasteiger partial charge on any atom is -0.395 e. The number of hydrogen-bond donors (Lipinski definition) is 3. The summed E-state index contributed by atoms with van der Waals surface area (Å²) in [4.78, 5) is 13.4. The largest absolute Gasteiger partial charge is 0.395 e. The van der Waals surface area contributed by atoms with E-state index >= 15 is 0 Å². The summed E-state index contributed by atoms with van der Waals surface area (Å²) < 4.78 is 0. The normalized spacial score (nSPS) is 19.0. The lowest BCUT2D eigenvalue weighted by Crippen LogP contribution is -2.45. The number of carbonyl (C=O) groups excluding carboxylic acids is 1. The molecule has 1 aliphatic carbocycles. The average Bonchev–Trinajstić information content (AvgIpc) is 2.31. The molecule has 0 aromatic carbocycles. The molecule has 0 radical (unpaired) electrons. The van der Waals surface area contributed by atoms with Crippen LogP contribution >= 0.6 is 0 Å². The summed E-state index contributed by atoms with van der Waals surface area (Å²) in [5, 5.41) is 29.4. The monoisotopic (exact) mass is 255 g/mol. The standard InChI is InChI=1S/C13H21NO4/c1-4-5-14(6-7-15)12-8-11(16)9(2)10(3)13(12,17)18/h8,15,17-18H,4-7H2,1-3H3. The van der Waals surface area contributed by atoms with E-state index < -0.39 is 5.79 Å². The summed E-state index contributed by atoms with van der Waals surface area (Å²) in [6, 6.07) is 0. The van der Waals surface area contributed by atoms with Crippen molar-refractivity contribution in [2.45, 2.75) is 33.0 Å². The Morgan fingerprint density at radius 1 is 1.28 bits per heavy atom. The number of aliphatic hydroxyl groups is 3. The van der Waals surface area contributed by atoms with Crippen LogP contribution in [0, 0.1) is 0 Å². The zero-order chi connectivity index (χ0) is 13.9. The third kappa shape index (κ3) is 2.63. The lowest BCUT2D eigenvalue weighted by atomic mass is 9.89. The van der Waals surface area contributed by atoms with Gasteiger partial charge in [-0.05, 0) is 25.8 Å². The summed E-state index contributed by atoms with van der Waals surface area (Å²) in [6.45, 7) is 5.76. The molecule has 102 valence electrons. The van der Waals surface area contributed by atoms with E-state index in [9.17, 15) is 15.0 Å². The van der Waals surface area contributed by atoms with Crippen molar-refractivity contribution in [3.05, 3.63) is 22.9 Å². The van der Waals surface area contributed by atoms with Crippen molar-refractivity contribution in [2.24, 2.45) is 0 Å². The van der Waals surface area contributed by atoms with E-state index in [1.807, 2.05) is 6.92 Å². The number of rotatable bonds is 5. The Bertz CT molecular complexity index is 390. The maximum atomic E-state index is 11.8. The Morgan fingerprint density at radius 2 is 1.89 bits per heavy atom. The van der Waals surface area contributed by atoms with Crippen LogP contribution < -0.4 is 0 Å². The smallest absolute Gasteiger partial charge is 0.229 e. The van der Waals surface area contributed by atoms with Crippen LogP contribution in [0.1, 0.15) is 27.2 Å². The number of ketones is 1. The van der Waals surface area contributed by atoms with Gasteiger partial charge in [-0.15, -0.1) is 0 Å². The summed E-state index contributed by atoms with van der Waals surface area (Å²) in [5.41, 5.74) is 0.736. The zero-order valence-corrected chi connectivity index (χ0v) is 11.1. The van der Waals surface area contributed by atoms with E-state index in [-0.39, 0.29) is 30.2 Å². The first-order valence-corrected chi connectivity index (χ1v) is 6.11. The molecule has 0 saturated heterocycles. The third-order valence-electron chi connectivity index (χ3n) is 3.28. The molecule has 0 saturated carbocycles. The second-order valence-electron chi connectivity index (χ2n) is 4.53. The molecule has 3 N–H and O–H groups in total. The van der Waals surface area contributed by atoms with Gasteiger partial charge in [0.2, 0.25) is 5.79 Å². The molecule has 0 spiro atoms. The quantitative estimate of drug-likeness (QED) is 0.610. The van der Waals surface area contributed by atoms with E-state index in [2.05, 4.69) is 0 Å². The Labute approximate surface area is 107 Å². The molecule has 0 amide bonds. The minimum atomic E-state index is -2.14. The molecule has 0 aromatic rings. The van der Waals surface area contributed by atoms with Gasteiger partial charge in [-0.2, -0.15) is 0 Å². The van der Waals surface area contributed by atoms with Crippen molar-refractivity contribution >= 4 is 5.78 Å². The molecule has 1 rings (SSSR count). The predicted octanol–water partition coefficient (Wildman–Crippen LogP) is 0.175. The Balaban J connectivity index is 3.14. The summed E-state index contributed by atoms with van der Waals surface area (Å²) in [7, 11) is 0. The Kier molecular flexibility index (Phi) is 4.67. The van der Waals surface area contributed by atoms with Crippen LogP contribution in [0.25, 0.3) is 0 Å². The van der Waals surface area contributed by atoms with E-state index in [1.54, 1.807) is 11.8 Å². The molecular formula is C13H21NO4. The fourth-order valence-electron chi connectivity index (χ4n) is 2.03. The van der Waals surface area contributed by atoms with Crippen LogP contribution in [-0.2, 0) is 4.79 Å². The van der Waals surface area contributed by atoms with Crippen molar-refractivity contribution in [1.82, 2.24) is 4.90 Å². The maximum Gasteiger partial charge on any atom is 0.229 e. The average molecular weight is 255 g/mol. The number of nitrogens with zero attached hydrogens (tertiary/aromatic N) is 1. The van der Waals surface area contributed by atoms with Gasteiger partial charge in [-0.25, -0.2) is 0 Å². The highest BCUT2D eigenvalue weighted by molar-refractivity contribution is 6.06. The predicted molar refractivity (Wildman–Crippen MR) is 67.6 cm³/mol. The molecule has 0 fully saturated rings. The van der Waals surface area contributed by atoms with Crippen LogP contribution in [-0.4, -0.2) is 51.5 Å². The molecule has 0 atom stereocenters. The van der Waals surface area contributed by atoms with Crippen molar-refractivity contribution in [3.63, 3.8) is 0 Å². The molecule has 0 heterocycles. The second-order valence-corrected chi connectivity index (χ2v) is 4.53. The van der Waals surface area contributed by atoms with Crippen molar-refractivity contribution in [2.75, 3.05) is 19.7 Å². The highest BCUT2D eigenvalue weighted by atomic mass is 16.5. The number of allylic oxidation sites excluding steroid dienone is 2. The van der Waals surface area contributed by atoms with Crippen molar-refractivity contribution < 1.29 is 20.1 Å². The molecule has 1 aliphatic rings. The molecule has 0 aliphatic heterocycles. The maximum absolute atomic E-state index is 11.8. The summed E-state index contributed by atoms with van der Waals surface area (Å²) in [6.07, 6.45) is 2.02. The first kappa shape index (κ1) is 14.9.